The first-order valence-corrected chi connectivity index (χ1v) is 11.5. The third-order valence-electron chi connectivity index (χ3n) is 5.09. The number of benzene rings is 3. The van der Waals surface area contributed by atoms with E-state index in [0.29, 0.717) is 11.6 Å². The molecule has 0 bridgehead atoms. The number of halogens is 1. The minimum absolute atomic E-state index is 0.233. The average molecular weight is 440 g/mol. The Balaban J connectivity index is 1.61. The molecule has 0 heterocycles. The Morgan fingerprint density at radius 2 is 1.67 bits per heavy atom. The third kappa shape index (κ3) is 4.65. The highest BCUT2D eigenvalue weighted by Crippen LogP contribution is 2.32. The summed E-state index contributed by atoms with van der Waals surface area (Å²) in [6.45, 7) is 2.27. The highest BCUT2D eigenvalue weighted by molar-refractivity contribution is 7.89. The zero-order valence-corrected chi connectivity index (χ0v) is 18.0. The van der Waals surface area contributed by atoms with Crippen LogP contribution in [0.3, 0.4) is 0 Å². The fourth-order valence-electron chi connectivity index (χ4n) is 3.44. The van der Waals surface area contributed by atoms with Crippen LogP contribution < -0.4 is 4.72 Å². The normalized spacial score (nSPS) is 18.2. The lowest BCUT2D eigenvalue weighted by Gasteiger charge is -2.30. The van der Waals surface area contributed by atoms with Crippen LogP contribution in [0.15, 0.2) is 83.8 Å². The second kappa shape index (κ2) is 8.74. The molecular weight excluding hydrogens is 418 g/mol. The molecule has 4 nitrogen and oxygen atoms in total. The van der Waals surface area contributed by atoms with Gasteiger partial charge in [-0.05, 0) is 47.9 Å². The molecule has 0 saturated heterocycles. The van der Waals surface area contributed by atoms with Crippen molar-refractivity contribution in [1.29, 1.82) is 0 Å². The molecule has 4 rings (SSSR count). The summed E-state index contributed by atoms with van der Waals surface area (Å²) in [6.07, 6.45) is 3.43. The molecule has 0 aliphatic heterocycles. The van der Waals surface area contributed by atoms with Crippen LogP contribution in [-0.2, 0) is 21.4 Å². The SMILES string of the molecule is Cc1ccc(S(=O)(=O)N[C@@H]2c3ccccc3C=C[C@H]2OCc2ccc(Cl)cc2)cc1. The number of aryl methyl sites for hydroxylation is 1. The van der Waals surface area contributed by atoms with Crippen molar-refractivity contribution in [3.05, 3.63) is 106 Å². The molecule has 154 valence electrons. The Labute approximate surface area is 182 Å². The van der Waals surface area contributed by atoms with E-state index in [1.165, 1.54) is 0 Å². The minimum Gasteiger partial charge on any atom is -0.367 e. The number of nitrogens with one attached hydrogen (secondary N) is 1. The van der Waals surface area contributed by atoms with E-state index in [9.17, 15) is 8.42 Å². The molecule has 1 N–H and O–H groups in total. The van der Waals surface area contributed by atoms with Gasteiger partial charge in [0.2, 0.25) is 10.0 Å². The lowest BCUT2D eigenvalue weighted by atomic mass is 9.91. The first kappa shape index (κ1) is 20.8. The maximum Gasteiger partial charge on any atom is 0.241 e. The molecule has 1 aliphatic rings. The summed E-state index contributed by atoms with van der Waals surface area (Å²) in [4.78, 5) is 0.233. The van der Waals surface area contributed by atoms with E-state index in [1.807, 2.05) is 67.6 Å². The van der Waals surface area contributed by atoms with Crippen LogP contribution in [0.4, 0.5) is 0 Å². The minimum atomic E-state index is -3.72. The molecule has 0 aromatic heterocycles. The van der Waals surface area contributed by atoms with Crippen molar-refractivity contribution in [1.82, 2.24) is 4.72 Å². The van der Waals surface area contributed by atoms with E-state index in [0.717, 1.165) is 22.3 Å². The van der Waals surface area contributed by atoms with E-state index in [1.54, 1.807) is 24.3 Å². The molecular formula is C24H22ClNO3S. The van der Waals surface area contributed by atoms with Gasteiger partial charge in [0.05, 0.1) is 23.6 Å². The van der Waals surface area contributed by atoms with Crippen LogP contribution in [0.25, 0.3) is 6.08 Å². The number of sulfonamides is 1. The van der Waals surface area contributed by atoms with Gasteiger partial charge in [-0.2, -0.15) is 0 Å². The molecule has 3 aromatic carbocycles. The number of ether oxygens (including phenoxy) is 1. The molecule has 1 aliphatic carbocycles. The molecule has 0 unspecified atom stereocenters. The Morgan fingerprint density at radius 3 is 2.40 bits per heavy atom. The van der Waals surface area contributed by atoms with Gasteiger partial charge in [-0.25, -0.2) is 13.1 Å². The zero-order chi connectivity index (χ0) is 21.1. The monoisotopic (exact) mass is 439 g/mol. The van der Waals surface area contributed by atoms with Crippen LogP contribution in [0.2, 0.25) is 5.02 Å². The largest absolute Gasteiger partial charge is 0.367 e. The lowest BCUT2D eigenvalue weighted by molar-refractivity contribution is 0.0505. The maximum atomic E-state index is 13.1. The van der Waals surface area contributed by atoms with Gasteiger partial charge in [-0.15, -0.1) is 0 Å². The van der Waals surface area contributed by atoms with Gasteiger partial charge in [0.15, 0.2) is 0 Å². The lowest BCUT2D eigenvalue weighted by Crippen LogP contribution is -2.38. The van der Waals surface area contributed by atoms with E-state index in [2.05, 4.69) is 4.72 Å². The molecule has 0 spiro atoms. The molecule has 30 heavy (non-hydrogen) atoms. The van der Waals surface area contributed by atoms with Crippen LogP contribution in [-0.4, -0.2) is 14.5 Å². The van der Waals surface area contributed by atoms with Crippen LogP contribution in [0.1, 0.15) is 28.3 Å². The fourth-order valence-corrected chi connectivity index (χ4v) is 4.79. The summed E-state index contributed by atoms with van der Waals surface area (Å²) in [7, 11) is -3.72. The van der Waals surface area contributed by atoms with Gasteiger partial charge in [0.1, 0.15) is 0 Å². The van der Waals surface area contributed by atoms with E-state index in [4.69, 9.17) is 16.3 Å². The highest BCUT2D eigenvalue weighted by atomic mass is 35.5. The number of hydrogen-bond acceptors (Lipinski definition) is 3. The summed E-state index contributed by atoms with van der Waals surface area (Å²) < 4.78 is 35.1. The first-order chi connectivity index (χ1) is 14.4. The van der Waals surface area contributed by atoms with Crippen molar-refractivity contribution in [3.8, 4) is 0 Å². The first-order valence-electron chi connectivity index (χ1n) is 9.64. The van der Waals surface area contributed by atoms with Crippen molar-refractivity contribution in [2.75, 3.05) is 0 Å². The molecule has 0 fully saturated rings. The summed E-state index contributed by atoms with van der Waals surface area (Å²) in [5.41, 5.74) is 3.83. The Bertz CT molecular complexity index is 1160. The summed E-state index contributed by atoms with van der Waals surface area (Å²) >= 11 is 5.95. The smallest absolute Gasteiger partial charge is 0.241 e. The molecule has 3 aromatic rings. The highest BCUT2D eigenvalue weighted by Gasteiger charge is 2.31. The van der Waals surface area contributed by atoms with Crippen LogP contribution in [0.5, 0.6) is 0 Å². The molecule has 2 atom stereocenters. The van der Waals surface area contributed by atoms with Gasteiger partial charge in [-0.1, -0.05) is 77.8 Å². The molecule has 0 amide bonds. The van der Waals surface area contributed by atoms with Gasteiger partial charge in [-0.3, -0.25) is 0 Å². The Hall–Kier alpha value is -2.44. The zero-order valence-electron chi connectivity index (χ0n) is 16.5. The van der Waals surface area contributed by atoms with Crippen molar-refractivity contribution in [2.24, 2.45) is 0 Å². The molecule has 0 radical (unpaired) electrons. The predicted octanol–water partition coefficient (Wildman–Crippen LogP) is 5.28. The van der Waals surface area contributed by atoms with Gasteiger partial charge < -0.3 is 4.74 Å². The van der Waals surface area contributed by atoms with E-state index < -0.39 is 22.2 Å². The maximum absolute atomic E-state index is 13.1. The molecule has 0 saturated carbocycles. The van der Waals surface area contributed by atoms with Crippen LogP contribution >= 0.6 is 11.6 Å². The van der Waals surface area contributed by atoms with Crippen molar-refractivity contribution < 1.29 is 13.2 Å². The molecule has 6 heteroatoms. The Kier molecular flexibility index (Phi) is 6.06. The summed E-state index contributed by atoms with van der Waals surface area (Å²) in [6, 6.07) is 21.4. The second-order valence-electron chi connectivity index (χ2n) is 7.30. The van der Waals surface area contributed by atoms with Crippen molar-refractivity contribution in [2.45, 2.75) is 30.6 Å². The number of hydrogen-bond donors (Lipinski definition) is 1. The third-order valence-corrected chi connectivity index (χ3v) is 6.80. The fraction of sp³-hybridized carbons (Fsp3) is 0.167. The van der Waals surface area contributed by atoms with Crippen molar-refractivity contribution >= 4 is 27.7 Å². The topological polar surface area (TPSA) is 55.4 Å². The Morgan fingerprint density at radius 1 is 0.967 bits per heavy atom. The predicted molar refractivity (Wildman–Crippen MR) is 120 cm³/mol. The summed E-state index contributed by atoms with van der Waals surface area (Å²) in [5, 5.41) is 0.661. The van der Waals surface area contributed by atoms with Crippen molar-refractivity contribution in [3.63, 3.8) is 0 Å². The van der Waals surface area contributed by atoms with Gasteiger partial charge in [0, 0.05) is 5.02 Å². The number of fused-ring (bicyclic) bond motifs is 1. The second-order valence-corrected chi connectivity index (χ2v) is 9.45. The standard InChI is InChI=1S/C24H22ClNO3S/c1-17-6-13-21(14-7-17)30(27,28)26-24-22-5-3-2-4-19(22)10-15-23(24)29-16-18-8-11-20(25)12-9-18/h2-15,23-24,26H,16H2,1H3/t23-,24-/m1/s1. The van der Waals surface area contributed by atoms with Crippen LogP contribution in [0, 0.1) is 6.92 Å². The van der Waals surface area contributed by atoms with E-state index in [-0.39, 0.29) is 4.90 Å². The summed E-state index contributed by atoms with van der Waals surface area (Å²) in [5.74, 6) is 0. The number of rotatable bonds is 6. The van der Waals surface area contributed by atoms with E-state index >= 15 is 0 Å². The van der Waals surface area contributed by atoms with Gasteiger partial charge in [0.25, 0.3) is 0 Å². The average Bonchev–Trinajstić information content (AvgIpc) is 2.74. The van der Waals surface area contributed by atoms with Gasteiger partial charge >= 0.3 is 0 Å². The quantitative estimate of drug-likeness (QED) is 0.568.